The van der Waals surface area contributed by atoms with Gasteiger partial charge in [0, 0.05) is 20.0 Å². The topological polar surface area (TPSA) is 98.4 Å². The summed E-state index contributed by atoms with van der Waals surface area (Å²) < 4.78 is 47.1. The van der Waals surface area contributed by atoms with Gasteiger partial charge in [0.25, 0.3) is 6.01 Å². The Labute approximate surface area is 190 Å². The molecule has 0 saturated heterocycles. The van der Waals surface area contributed by atoms with Crippen molar-refractivity contribution >= 4 is 16.9 Å². The number of amides is 1. The van der Waals surface area contributed by atoms with Crippen LogP contribution >= 0.6 is 0 Å². The SMILES string of the molecule is CC(=O)N[C@@H](CF)COC1CCC(Oc2nc3c(C#N)cc(OC4CC4)c(F)c3n2C)CC1. The fourth-order valence-corrected chi connectivity index (χ4v) is 4.07. The average Bonchev–Trinajstić information content (AvgIpc) is 3.56. The third kappa shape index (κ3) is 5.36. The van der Waals surface area contributed by atoms with Crippen molar-refractivity contribution < 1.29 is 27.8 Å². The number of nitrogens with one attached hydrogen (secondary N) is 1. The molecule has 2 saturated carbocycles. The molecule has 178 valence electrons. The van der Waals surface area contributed by atoms with Gasteiger partial charge in [-0.15, -0.1) is 0 Å². The lowest BCUT2D eigenvalue weighted by Gasteiger charge is -2.29. The molecule has 1 aromatic carbocycles. The van der Waals surface area contributed by atoms with Crippen molar-refractivity contribution in [3.8, 4) is 17.8 Å². The first kappa shape index (κ1) is 23.2. The number of benzene rings is 1. The third-order valence-electron chi connectivity index (χ3n) is 5.97. The normalized spacial score (nSPS) is 21.4. The quantitative estimate of drug-likeness (QED) is 0.614. The Morgan fingerprint density at radius 1 is 1.24 bits per heavy atom. The molecule has 0 aliphatic heterocycles. The summed E-state index contributed by atoms with van der Waals surface area (Å²) >= 11 is 0. The highest BCUT2D eigenvalue weighted by Crippen LogP contribution is 2.36. The number of aromatic nitrogens is 2. The van der Waals surface area contributed by atoms with Gasteiger partial charge in [0.05, 0.1) is 30.4 Å². The molecule has 2 fully saturated rings. The van der Waals surface area contributed by atoms with Crippen LogP contribution in [-0.4, -0.2) is 53.1 Å². The van der Waals surface area contributed by atoms with Crippen molar-refractivity contribution in [1.82, 2.24) is 14.9 Å². The van der Waals surface area contributed by atoms with Crippen molar-refractivity contribution in [1.29, 1.82) is 5.26 Å². The second kappa shape index (κ2) is 9.91. The maximum Gasteiger partial charge on any atom is 0.297 e. The number of rotatable bonds is 9. The van der Waals surface area contributed by atoms with Crippen molar-refractivity contribution in [3.63, 3.8) is 0 Å². The highest BCUT2D eigenvalue weighted by molar-refractivity contribution is 5.85. The van der Waals surface area contributed by atoms with Gasteiger partial charge in [0.15, 0.2) is 11.6 Å². The van der Waals surface area contributed by atoms with Crippen molar-refractivity contribution in [3.05, 3.63) is 17.4 Å². The summed E-state index contributed by atoms with van der Waals surface area (Å²) in [6.45, 7) is 0.788. The molecule has 10 heteroatoms. The molecule has 1 aromatic heterocycles. The molecule has 0 radical (unpaired) electrons. The minimum absolute atomic E-state index is 0.00303. The molecule has 0 unspecified atom stereocenters. The summed E-state index contributed by atoms with van der Waals surface area (Å²) in [5.74, 6) is -0.762. The van der Waals surface area contributed by atoms with E-state index in [0.29, 0.717) is 25.7 Å². The van der Waals surface area contributed by atoms with E-state index in [1.807, 2.05) is 0 Å². The van der Waals surface area contributed by atoms with Gasteiger partial charge in [-0.2, -0.15) is 10.2 Å². The minimum Gasteiger partial charge on any atom is -0.487 e. The van der Waals surface area contributed by atoms with E-state index in [2.05, 4.69) is 16.4 Å². The molecule has 1 amide bonds. The first-order chi connectivity index (χ1) is 15.9. The number of alkyl halides is 1. The number of carbonyl (C=O) groups excluding carboxylic acids is 1. The summed E-state index contributed by atoms with van der Waals surface area (Å²) in [6.07, 6.45) is 4.40. The summed E-state index contributed by atoms with van der Waals surface area (Å²) in [6, 6.07) is 3.08. The number of nitriles is 1. The predicted molar refractivity (Wildman–Crippen MR) is 115 cm³/mol. The van der Waals surface area contributed by atoms with Crippen LogP contribution in [0.5, 0.6) is 11.8 Å². The lowest BCUT2D eigenvalue weighted by atomic mass is 9.95. The Morgan fingerprint density at radius 3 is 2.48 bits per heavy atom. The number of imidazole rings is 1. The first-order valence-corrected chi connectivity index (χ1v) is 11.3. The Balaban J connectivity index is 1.39. The van der Waals surface area contributed by atoms with Crippen LogP contribution in [-0.2, 0) is 16.6 Å². The Morgan fingerprint density at radius 2 is 1.88 bits per heavy atom. The van der Waals surface area contributed by atoms with Crippen LogP contribution in [0.2, 0.25) is 0 Å². The number of fused-ring (bicyclic) bond motifs is 1. The van der Waals surface area contributed by atoms with Gasteiger partial charge in [-0.05, 0) is 38.5 Å². The van der Waals surface area contributed by atoms with Crippen LogP contribution in [0.4, 0.5) is 8.78 Å². The Kier molecular flexibility index (Phi) is 6.98. The van der Waals surface area contributed by atoms with Crippen LogP contribution in [0.3, 0.4) is 0 Å². The largest absolute Gasteiger partial charge is 0.487 e. The maximum atomic E-state index is 15.1. The smallest absolute Gasteiger partial charge is 0.297 e. The van der Waals surface area contributed by atoms with Gasteiger partial charge in [-0.3, -0.25) is 9.36 Å². The van der Waals surface area contributed by atoms with E-state index >= 15 is 4.39 Å². The van der Waals surface area contributed by atoms with Crippen LogP contribution in [0.15, 0.2) is 6.07 Å². The van der Waals surface area contributed by atoms with E-state index in [9.17, 15) is 14.4 Å². The number of carbonyl (C=O) groups is 1. The van der Waals surface area contributed by atoms with Crippen molar-refractivity contribution in [2.75, 3.05) is 13.3 Å². The highest BCUT2D eigenvalue weighted by Gasteiger charge is 2.29. The van der Waals surface area contributed by atoms with E-state index in [0.717, 1.165) is 12.8 Å². The molecule has 0 spiro atoms. The average molecular weight is 462 g/mol. The van der Waals surface area contributed by atoms with Crippen molar-refractivity contribution in [2.45, 2.75) is 69.8 Å². The van der Waals surface area contributed by atoms with E-state index in [-0.39, 0.29) is 59.2 Å². The summed E-state index contributed by atoms with van der Waals surface area (Å²) in [5.41, 5.74) is 0.682. The summed E-state index contributed by atoms with van der Waals surface area (Å²) in [5, 5.41) is 12.1. The van der Waals surface area contributed by atoms with Gasteiger partial charge >= 0.3 is 0 Å². The lowest BCUT2D eigenvalue weighted by molar-refractivity contribution is -0.120. The molecular weight excluding hydrogens is 434 g/mol. The molecule has 1 N–H and O–H groups in total. The zero-order valence-electron chi connectivity index (χ0n) is 18.8. The zero-order chi connectivity index (χ0) is 23.5. The summed E-state index contributed by atoms with van der Waals surface area (Å²) in [7, 11) is 1.66. The fraction of sp³-hybridized carbons (Fsp3) is 0.609. The number of aryl methyl sites for hydroxylation is 1. The molecule has 4 rings (SSSR count). The van der Waals surface area contributed by atoms with E-state index in [1.54, 1.807) is 7.05 Å². The number of ether oxygens (including phenoxy) is 3. The zero-order valence-corrected chi connectivity index (χ0v) is 18.8. The second-order valence-corrected chi connectivity index (χ2v) is 8.72. The first-order valence-electron chi connectivity index (χ1n) is 11.3. The predicted octanol–water partition coefficient (Wildman–Crippen LogP) is 3.31. The van der Waals surface area contributed by atoms with Gasteiger partial charge in [0.2, 0.25) is 5.91 Å². The van der Waals surface area contributed by atoms with Gasteiger partial charge < -0.3 is 19.5 Å². The highest BCUT2D eigenvalue weighted by atomic mass is 19.1. The van der Waals surface area contributed by atoms with E-state index < -0.39 is 18.5 Å². The molecule has 33 heavy (non-hydrogen) atoms. The molecule has 1 heterocycles. The standard InChI is InChI=1S/C23H28F2N4O4/c1-13(30)27-15(10-24)12-31-16-3-5-18(6-4-16)33-23-28-21-14(11-26)9-19(32-17-7-8-17)20(25)22(21)29(23)2/h9,15-18H,3-8,10,12H2,1-2H3,(H,27,30)/t15-,16?,18?/m0/s1. The van der Waals surface area contributed by atoms with Crippen LogP contribution in [0.1, 0.15) is 51.0 Å². The Bertz CT molecular complexity index is 1060. The monoisotopic (exact) mass is 462 g/mol. The van der Waals surface area contributed by atoms with Crippen LogP contribution in [0.25, 0.3) is 11.0 Å². The number of nitrogens with zero attached hydrogens (tertiary/aromatic N) is 3. The molecule has 8 nitrogen and oxygen atoms in total. The molecule has 2 aliphatic rings. The van der Waals surface area contributed by atoms with Crippen LogP contribution in [0, 0.1) is 17.1 Å². The van der Waals surface area contributed by atoms with E-state index in [4.69, 9.17) is 14.2 Å². The van der Waals surface area contributed by atoms with Crippen LogP contribution < -0.4 is 14.8 Å². The number of hydrogen-bond donors (Lipinski definition) is 1. The molecule has 2 aromatic rings. The molecule has 2 aliphatic carbocycles. The van der Waals surface area contributed by atoms with Gasteiger partial charge in [0.1, 0.15) is 29.9 Å². The van der Waals surface area contributed by atoms with Crippen molar-refractivity contribution in [2.24, 2.45) is 7.05 Å². The molecule has 1 atom stereocenters. The summed E-state index contributed by atoms with van der Waals surface area (Å²) in [4.78, 5) is 15.5. The maximum absolute atomic E-state index is 15.1. The molecule has 0 bridgehead atoms. The van der Waals surface area contributed by atoms with Gasteiger partial charge in [-0.25, -0.2) is 8.78 Å². The fourth-order valence-electron chi connectivity index (χ4n) is 4.07. The number of hydrogen-bond acceptors (Lipinski definition) is 6. The van der Waals surface area contributed by atoms with Gasteiger partial charge in [-0.1, -0.05) is 0 Å². The minimum atomic E-state index is -0.681. The Hall–Kier alpha value is -2.93. The third-order valence-corrected chi connectivity index (χ3v) is 5.97. The lowest BCUT2D eigenvalue weighted by Crippen LogP contribution is -2.40. The molecular formula is C23H28F2N4O4. The number of halogens is 2. The second-order valence-electron chi connectivity index (χ2n) is 8.72. The van der Waals surface area contributed by atoms with E-state index in [1.165, 1.54) is 17.6 Å².